The molecule has 3 nitrogen and oxygen atoms in total. The van der Waals surface area contributed by atoms with Crippen LogP contribution >= 0.6 is 0 Å². The summed E-state index contributed by atoms with van der Waals surface area (Å²) in [5, 5.41) is 0.161. The topological polar surface area (TPSA) is 35.5 Å². The first kappa shape index (κ1) is 21.1. The predicted octanol–water partition coefficient (Wildman–Crippen LogP) is 5.24. The maximum Gasteiger partial charge on any atom is 0.333 e. The smallest absolute Gasteiger partial charge is 0.333 e. The minimum absolute atomic E-state index is 0.161. The van der Waals surface area contributed by atoms with Gasteiger partial charge in [0.15, 0.2) is 8.32 Å². The Morgan fingerprint density at radius 2 is 1.77 bits per heavy atom. The van der Waals surface area contributed by atoms with E-state index in [9.17, 15) is 4.79 Å². The summed E-state index contributed by atoms with van der Waals surface area (Å²) >= 11 is 0. The van der Waals surface area contributed by atoms with Gasteiger partial charge in [-0.05, 0) is 51.7 Å². The molecule has 0 fully saturated rings. The third-order valence-corrected chi connectivity index (χ3v) is 9.00. The van der Waals surface area contributed by atoms with Gasteiger partial charge in [-0.25, -0.2) is 4.79 Å². The first-order valence-corrected chi connectivity index (χ1v) is 11.0. The van der Waals surface area contributed by atoms with Crippen LogP contribution in [0, 0.1) is 0 Å². The van der Waals surface area contributed by atoms with Crippen molar-refractivity contribution < 1.29 is 14.0 Å². The molecule has 22 heavy (non-hydrogen) atoms. The van der Waals surface area contributed by atoms with Crippen LogP contribution in [0.25, 0.3) is 0 Å². The summed E-state index contributed by atoms with van der Waals surface area (Å²) in [4.78, 5) is 11.6. The highest BCUT2D eigenvalue weighted by molar-refractivity contribution is 6.74. The van der Waals surface area contributed by atoms with Crippen LogP contribution in [0.2, 0.25) is 18.1 Å². The van der Waals surface area contributed by atoms with Crippen molar-refractivity contribution in [2.24, 2.45) is 0 Å². The van der Waals surface area contributed by atoms with Crippen molar-refractivity contribution >= 4 is 14.3 Å². The van der Waals surface area contributed by atoms with E-state index in [0.717, 1.165) is 12.8 Å². The molecule has 0 amide bonds. The molecule has 0 N–H and O–H groups in total. The first-order valence-electron chi connectivity index (χ1n) is 8.06. The Morgan fingerprint density at radius 1 is 1.23 bits per heavy atom. The molecule has 128 valence electrons. The summed E-state index contributed by atoms with van der Waals surface area (Å²) < 4.78 is 11.5. The van der Waals surface area contributed by atoms with Crippen LogP contribution in [0.3, 0.4) is 0 Å². The van der Waals surface area contributed by atoms with E-state index in [-0.39, 0.29) is 16.6 Å². The highest BCUT2D eigenvalue weighted by Gasteiger charge is 2.41. The van der Waals surface area contributed by atoms with Crippen LogP contribution in [-0.4, -0.2) is 26.5 Å². The largest absolute Gasteiger partial charge is 0.463 e. The average Bonchev–Trinajstić information content (AvgIpc) is 2.36. The van der Waals surface area contributed by atoms with E-state index >= 15 is 0 Å². The van der Waals surface area contributed by atoms with E-state index in [1.807, 2.05) is 19.1 Å². The normalized spacial score (nSPS) is 16.1. The van der Waals surface area contributed by atoms with Crippen molar-refractivity contribution in [1.82, 2.24) is 0 Å². The summed E-state index contributed by atoms with van der Waals surface area (Å²) in [6.07, 6.45) is 5.39. The number of allylic oxidation sites excluding steroid dienone is 1. The number of hydrogen-bond acceptors (Lipinski definition) is 3. The van der Waals surface area contributed by atoms with Gasteiger partial charge in [-0.3, -0.25) is 0 Å². The molecule has 1 unspecified atom stereocenters. The molecule has 0 aromatic heterocycles. The Kier molecular flexibility index (Phi) is 7.79. The van der Waals surface area contributed by atoms with Gasteiger partial charge in [-0.2, -0.15) is 0 Å². The van der Waals surface area contributed by atoms with Crippen LogP contribution in [0.15, 0.2) is 24.3 Å². The third kappa shape index (κ3) is 6.49. The maximum absolute atomic E-state index is 11.6. The zero-order valence-corrected chi connectivity index (χ0v) is 16.7. The van der Waals surface area contributed by atoms with Crippen LogP contribution in [0.4, 0.5) is 0 Å². The summed E-state index contributed by atoms with van der Waals surface area (Å²) in [5.74, 6) is -0.242. The van der Waals surface area contributed by atoms with Crippen molar-refractivity contribution in [3.05, 3.63) is 24.3 Å². The minimum Gasteiger partial charge on any atom is -0.463 e. The van der Waals surface area contributed by atoms with Crippen molar-refractivity contribution in [3.8, 4) is 0 Å². The second-order valence-electron chi connectivity index (χ2n) is 7.53. The lowest BCUT2D eigenvalue weighted by Gasteiger charge is -2.43. The molecule has 0 aliphatic carbocycles. The molecular formula is C18H34O3Si. The fourth-order valence-electron chi connectivity index (χ4n) is 1.83. The quantitative estimate of drug-likeness (QED) is 0.265. The van der Waals surface area contributed by atoms with Gasteiger partial charge in [-0.1, -0.05) is 32.9 Å². The van der Waals surface area contributed by atoms with E-state index in [2.05, 4.69) is 47.4 Å². The number of rotatable bonds is 8. The average molecular weight is 327 g/mol. The zero-order chi connectivity index (χ0) is 17.6. The van der Waals surface area contributed by atoms with Crippen LogP contribution < -0.4 is 0 Å². The van der Waals surface area contributed by atoms with Gasteiger partial charge in [0.1, 0.15) is 0 Å². The number of hydrogen-bond donors (Lipinski definition) is 0. The number of ether oxygens (including phenoxy) is 1. The fraction of sp³-hybridized carbons (Fsp3) is 0.722. The van der Waals surface area contributed by atoms with E-state index in [1.165, 1.54) is 0 Å². The van der Waals surface area contributed by atoms with Gasteiger partial charge in [0.2, 0.25) is 0 Å². The number of esters is 1. The second kappa shape index (κ2) is 8.11. The lowest BCUT2D eigenvalue weighted by atomic mass is 10.00. The standard InChI is InChI=1S/C18H34O3Si/c1-10-18(7,21-22(8,9)17(4,5)6)14-12-13-15(3)16(19)20-11-2/h10,13H,1,11-12,14H2,2-9H3/b15-13+. The van der Waals surface area contributed by atoms with Crippen LogP contribution in [0.1, 0.15) is 54.4 Å². The fourth-order valence-corrected chi connectivity index (χ4v) is 3.49. The molecule has 0 heterocycles. The molecular weight excluding hydrogens is 292 g/mol. The molecule has 1 atom stereocenters. The summed E-state index contributed by atoms with van der Waals surface area (Å²) in [7, 11) is -1.86. The third-order valence-electron chi connectivity index (χ3n) is 4.41. The second-order valence-corrected chi connectivity index (χ2v) is 12.3. The van der Waals surface area contributed by atoms with Crippen LogP contribution in [0.5, 0.6) is 0 Å². The van der Waals surface area contributed by atoms with Crippen molar-refractivity contribution in [3.63, 3.8) is 0 Å². The molecule has 0 radical (unpaired) electrons. The van der Waals surface area contributed by atoms with Crippen molar-refractivity contribution in [2.45, 2.75) is 78.1 Å². The Bertz CT molecular complexity index is 419. The Hall–Kier alpha value is -0.873. The van der Waals surface area contributed by atoms with E-state index in [0.29, 0.717) is 12.2 Å². The lowest BCUT2D eigenvalue weighted by molar-refractivity contribution is -0.138. The van der Waals surface area contributed by atoms with E-state index in [1.54, 1.807) is 6.92 Å². The molecule has 0 bridgehead atoms. The SMILES string of the molecule is C=CC(C)(CC/C=C(\C)C(=O)OCC)O[Si](C)(C)C(C)(C)C. The van der Waals surface area contributed by atoms with Gasteiger partial charge in [-0.15, -0.1) is 6.58 Å². The molecule has 0 aromatic carbocycles. The molecule has 0 spiro atoms. The van der Waals surface area contributed by atoms with Crippen LogP contribution in [-0.2, 0) is 14.0 Å². The monoisotopic (exact) mass is 326 g/mol. The van der Waals surface area contributed by atoms with E-state index < -0.39 is 8.32 Å². The first-order chi connectivity index (χ1) is 9.88. The molecule has 0 saturated carbocycles. The highest BCUT2D eigenvalue weighted by atomic mass is 28.4. The number of carbonyl (C=O) groups excluding carboxylic acids is 1. The highest BCUT2D eigenvalue weighted by Crippen LogP contribution is 2.40. The molecule has 0 saturated heterocycles. The lowest BCUT2D eigenvalue weighted by Crippen LogP contribution is -2.47. The summed E-state index contributed by atoms with van der Waals surface area (Å²) in [5.41, 5.74) is 0.287. The van der Waals surface area contributed by atoms with Gasteiger partial charge in [0, 0.05) is 5.57 Å². The van der Waals surface area contributed by atoms with Gasteiger partial charge < -0.3 is 9.16 Å². The summed E-state index contributed by atoms with van der Waals surface area (Å²) in [6.45, 7) is 21.2. The zero-order valence-electron chi connectivity index (χ0n) is 15.7. The maximum atomic E-state index is 11.6. The predicted molar refractivity (Wildman–Crippen MR) is 96.5 cm³/mol. The molecule has 0 aliphatic heterocycles. The van der Waals surface area contributed by atoms with Crippen molar-refractivity contribution in [2.75, 3.05) is 6.61 Å². The Morgan fingerprint density at radius 3 is 2.18 bits per heavy atom. The Labute approximate surface area is 137 Å². The van der Waals surface area contributed by atoms with Gasteiger partial charge in [0.25, 0.3) is 0 Å². The van der Waals surface area contributed by atoms with Gasteiger partial charge in [0.05, 0.1) is 12.2 Å². The molecule has 4 heteroatoms. The molecule has 0 rings (SSSR count). The number of carbonyl (C=O) groups is 1. The molecule has 0 aromatic rings. The van der Waals surface area contributed by atoms with E-state index in [4.69, 9.17) is 9.16 Å². The summed E-state index contributed by atoms with van der Waals surface area (Å²) in [6, 6.07) is 0. The minimum atomic E-state index is -1.86. The van der Waals surface area contributed by atoms with Crippen molar-refractivity contribution in [1.29, 1.82) is 0 Å². The Balaban J connectivity index is 4.82. The van der Waals surface area contributed by atoms with Gasteiger partial charge >= 0.3 is 5.97 Å². The molecule has 0 aliphatic rings.